The van der Waals surface area contributed by atoms with E-state index in [4.69, 9.17) is 14.1 Å². The van der Waals surface area contributed by atoms with Crippen LogP contribution < -0.4 is 10.6 Å². The van der Waals surface area contributed by atoms with Gasteiger partial charge in [-0.3, -0.25) is 9.89 Å². The number of nitrogens with one attached hydrogen (secondary N) is 2. The molecule has 0 saturated carbocycles. The summed E-state index contributed by atoms with van der Waals surface area (Å²) in [7, 11) is 0. The van der Waals surface area contributed by atoms with E-state index in [-0.39, 0.29) is 30.0 Å². The Morgan fingerprint density at radius 3 is 2.81 bits per heavy atom. The van der Waals surface area contributed by atoms with Crippen LogP contribution in [-0.4, -0.2) is 56.3 Å². The number of ether oxygens (including phenoxy) is 1. The van der Waals surface area contributed by atoms with Crippen molar-refractivity contribution in [1.82, 2.24) is 15.5 Å². The second-order valence-electron chi connectivity index (χ2n) is 6.84. The Kier molecular flexibility index (Phi) is 9.77. The van der Waals surface area contributed by atoms with Crippen LogP contribution in [0.15, 0.2) is 27.8 Å². The van der Waals surface area contributed by atoms with Crippen LogP contribution in [0.2, 0.25) is 0 Å². The van der Waals surface area contributed by atoms with Crippen LogP contribution in [-0.2, 0) is 4.74 Å². The van der Waals surface area contributed by atoms with E-state index in [1.807, 2.05) is 6.07 Å². The molecular weight excluding hydrogens is 443 g/mol. The van der Waals surface area contributed by atoms with Crippen LogP contribution in [0.1, 0.15) is 50.8 Å². The van der Waals surface area contributed by atoms with Gasteiger partial charge in [0.1, 0.15) is 5.76 Å². The van der Waals surface area contributed by atoms with Crippen molar-refractivity contribution in [3.63, 3.8) is 0 Å². The molecule has 2 saturated heterocycles. The predicted octanol–water partition coefficient (Wildman–Crippen LogP) is 3.16. The highest BCUT2D eigenvalue weighted by Crippen LogP contribution is 2.25. The lowest BCUT2D eigenvalue weighted by atomic mass is 10.2. The summed E-state index contributed by atoms with van der Waals surface area (Å²) in [5, 5.41) is 6.80. The second kappa shape index (κ2) is 11.8. The monoisotopic (exact) mass is 476 g/mol. The molecule has 0 bridgehead atoms. The molecule has 2 fully saturated rings. The number of likely N-dealkylation sites (tertiary alicyclic amines) is 1. The molecule has 2 N–H and O–H groups in total. The standard InChI is InChI=1S/C19H32N4O2.HI/c1-2-20-19(21-10-9-16-7-5-13-24-16)22-15-17(18-8-6-14-25-18)23-11-3-4-12-23;/h6,8,14,16-17H,2-5,7,9-13,15H2,1H3,(H2,20,21,22);1H. The van der Waals surface area contributed by atoms with E-state index in [1.54, 1.807) is 6.26 Å². The molecule has 0 aliphatic carbocycles. The molecular formula is C19H33IN4O2. The van der Waals surface area contributed by atoms with Gasteiger partial charge in [0.25, 0.3) is 0 Å². The summed E-state index contributed by atoms with van der Waals surface area (Å²) in [5.41, 5.74) is 0. The average Bonchev–Trinajstić information content (AvgIpc) is 3.38. The molecule has 7 heteroatoms. The second-order valence-corrected chi connectivity index (χ2v) is 6.84. The van der Waals surface area contributed by atoms with Crippen molar-refractivity contribution in [2.24, 2.45) is 4.99 Å². The van der Waals surface area contributed by atoms with Gasteiger partial charge in [0.2, 0.25) is 0 Å². The number of nitrogens with zero attached hydrogens (tertiary/aromatic N) is 2. The summed E-state index contributed by atoms with van der Waals surface area (Å²) in [5.74, 6) is 1.90. The number of guanidine groups is 1. The zero-order valence-electron chi connectivity index (χ0n) is 15.8. The first-order valence-corrected chi connectivity index (χ1v) is 9.78. The molecule has 0 radical (unpaired) electrons. The fourth-order valence-corrected chi connectivity index (χ4v) is 3.66. The smallest absolute Gasteiger partial charge is 0.191 e. The largest absolute Gasteiger partial charge is 0.468 e. The Morgan fingerprint density at radius 2 is 2.15 bits per heavy atom. The van der Waals surface area contributed by atoms with Crippen molar-refractivity contribution in [2.45, 2.75) is 51.2 Å². The fourth-order valence-electron chi connectivity index (χ4n) is 3.66. The molecule has 0 aromatic carbocycles. The summed E-state index contributed by atoms with van der Waals surface area (Å²) < 4.78 is 11.4. The van der Waals surface area contributed by atoms with E-state index in [9.17, 15) is 0 Å². The lowest BCUT2D eigenvalue weighted by Gasteiger charge is -2.24. The fraction of sp³-hybridized carbons (Fsp3) is 0.737. The van der Waals surface area contributed by atoms with E-state index in [0.29, 0.717) is 12.6 Å². The summed E-state index contributed by atoms with van der Waals surface area (Å²) >= 11 is 0. The number of aliphatic imine (C=N–C) groups is 1. The molecule has 26 heavy (non-hydrogen) atoms. The minimum atomic E-state index is 0. The average molecular weight is 476 g/mol. The van der Waals surface area contributed by atoms with Gasteiger partial charge in [-0.05, 0) is 64.3 Å². The van der Waals surface area contributed by atoms with Crippen LogP contribution in [0, 0.1) is 0 Å². The third-order valence-electron chi connectivity index (χ3n) is 5.00. The van der Waals surface area contributed by atoms with Gasteiger partial charge in [0.05, 0.1) is 25.0 Å². The molecule has 2 unspecified atom stereocenters. The molecule has 0 spiro atoms. The van der Waals surface area contributed by atoms with Crippen LogP contribution in [0.5, 0.6) is 0 Å². The van der Waals surface area contributed by atoms with Crippen molar-refractivity contribution in [2.75, 3.05) is 39.3 Å². The Hall–Kier alpha value is -0.800. The summed E-state index contributed by atoms with van der Waals surface area (Å²) in [6.07, 6.45) is 8.12. The minimum absolute atomic E-state index is 0. The van der Waals surface area contributed by atoms with Gasteiger partial charge in [0.15, 0.2) is 5.96 Å². The molecule has 148 valence electrons. The van der Waals surface area contributed by atoms with Crippen molar-refractivity contribution in [3.05, 3.63) is 24.2 Å². The Bertz CT molecular complexity index is 512. The van der Waals surface area contributed by atoms with Gasteiger partial charge >= 0.3 is 0 Å². The van der Waals surface area contributed by atoms with Crippen molar-refractivity contribution < 1.29 is 9.15 Å². The van der Waals surface area contributed by atoms with Gasteiger partial charge in [0, 0.05) is 19.7 Å². The lowest BCUT2D eigenvalue weighted by Crippen LogP contribution is -2.39. The quantitative estimate of drug-likeness (QED) is 0.343. The Labute approximate surface area is 174 Å². The highest BCUT2D eigenvalue weighted by atomic mass is 127. The number of rotatable bonds is 8. The van der Waals surface area contributed by atoms with Gasteiger partial charge in [-0.1, -0.05) is 0 Å². The van der Waals surface area contributed by atoms with Crippen LogP contribution in [0.4, 0.5) is 0 Å². The molecule has 1 aromatic rings. The third-order valence-corrected chi connectivity index (χ3v) is 5.00. The highest BCUT2D eigenvalue weighted by Gasteiger charge is 2.25. The van der Waals surface area contributed by atoms with Crippen LogP contribution in [0.25, 0.3) is 0 Å². The van der Waals surface area contributed by atoms with Crippen molar-refractivity contribution >= 4 is 29.9 Å². The maximum absolute atomic E-state index is 5.69. The highest BCUT2D eigenvalue weighted by molar-refractivity contribution is 14.0. The number of hydrogen-bond donors (Lipinski definition) is 2. The summed E-state index contributed by atoms with van der Waals surface area (Å²) in [6, 6.07) is 4.26. The molecule has 6 nitrogen and oxygen atoms in total. The number of halogens is 1. The zero-order chi connectivity index (χ0) is 17.3. The first-order valence-electron chi connectivity index (χ1n) is 9.78. The predicted molar refractivity (Wildman–Crippen MR) is 115 cm³/mol. The van der Waals surface area contributed by atoms with Gasteiger partial charge in [-0.2, -0.15) is 0 Å². The van der Waals surface area contributed by atoms with Gasteiger partial charge in [-0.25, -0.2) is 0 Å². The molecule has 1 aromatic heterocycles. The molecule has 3 rings (SSSR count). The Morgan fingerprint density at radius 1 is 1.31 bits per heavy atom. The maximum atomic E-state index is 5.69. The van der Waals surface area contributed by atoms with Crippen molar-refractivity contribution in [3.8, 4) is 0 Å². The Balaban J connectivity index is 0.00000243. The maximum Gasteiger partial charge on any atom is 0.191 e. The van der Waals surface area contributed by atoms with E-state index in [1.165, 1.54) is 25.7 Å². The van der Waals surface area contributed by atoms with Crippen molar-refractivity contribution in [1.29, 1.82) is 0 Å². The third kappa shape index (κ3) is 6.42. The first-order chi connectivity index (χ1) is 12.4. The minimum Gasteiger partial charge on any atom is -0.468 e. The van der Waals surface area contributed by atoms with E-state index in [2.05, 4.69) is 28.5 Å². The van der Waals surface area contributed by atoms with Gasteiger partial charge in [-0.15, -0.1) is 24.0 Å². The van der Waals surface area contributed by atoms with Crippen LogP contribution >= 0.6 is 24.0 Å². The van der Waals surface area contributed by atoms with E-state index in [0.717, 1.165) is 50.9 Å². The normalized spacial score (nSPS) is 22.2. The summed E-state index contributed by atoms with van der Waals surface area (Å²) in [4.78, 5) is 7.31. The SMILES string of the molecule is CCNC(=NCC(c1ccco1)N1CCCC1)NCCC1CCCO1.I. The molecule has 2 atom stereocenters. The lowest BCUT2D eigenvalue weighted by molar-refractivity contribution is 0.105. The van der Waals surface area contributed by atoms with E-state index >= 15 is 0 Å². The molecule has 2 aliphatic rings. The topological polar surface area (TPSA) is 62.0 Å². The number of furan rings is 1. The zero-order valence-corrected chi connectivity index (χ0v) is 18.1. The molecule has 2 aliphatic heterocycles. The van der Waals surface area contributed by atoms with Crippen LogP contribution in [0.3, 0.4) is 0 Å². The number of hydrogen-bond acceptors (Lipinski definition) is 4. The molecule has 0 amide bonds. The van der Waals surface area contributed by atoms with E-state index < -0.39 is 0 Å². The van der Waals surface area contributed by atoms with Gasteiger partial charge < -0.3 is 19.8 Å². The molecule has 3 heterocycles. The summed E-state index contributed by atoms with van der Waals surface area (Å²) in [6.45, 7) is 7.74. The first kappa shape index (κ1) is 21.5.